The van der Waals surface area contributed by atoms with Gasteiger partial charge in [-0.05, 0) is 18.4 Å². The number of anilines is 2. The molecule has 5 nitrogen and oxygen atoms in total. The van der Waals surface area contributed by atoms with Gasteiger partial charge in [-0.3, -0.25) is 10.1 Å². The van der Waals surface area contributed by atoms with Crippen molar-refractivity contribution in [2.24, 2.45) is 0 Å². The Labute approximate surface area is 98.6 Å². The van der Waals surface area contributed by atoms with Gasteiger partial charge in [0.1, 0.15) is 5.69 Å². The van der Waals surface area contributed by atoms with Crippen molar-refractivity contribution in [3.05, 3.63) is 28.3 Å². The maximum Gasteiger partial charge on any atom is 0.292 e. The lowest BCUT2D eigenvalue weighted by Gasteiger charge is -2.11. The summed E-state index contributed by atoms with van der Waals surface area (Å²) in [6.07, 6.45) is 2.04. The van der Waals surface area contributed by atoms with Crippen molar-refractivity contribution in [1.29, 1.82) is 0 Å². The highest BCUT2D eigenvalue weighted by molar-refractivity contribution is 7.99. The zero-order valence-electron chi connectivity index (χ0n) is 9.27. The van der Waals surface area contributed by atoms with Gasteiger partial charge in [-0.1, -0.05) is 6.92 Å². The van der Waals surface area contributed by atoms with E-state index in [0.29, 0.717) is 5.25 Å². The van der Waals surface area contributed by atoms with Crippen molar-refractivity contribution < 1.29 is 4.92 Å². The first-order chi connectivity index (χ1) is 7.54. The van der Waals surface area contributed by atoms with Crippen molar-refractivity contribution >= 4 is 28.8 Å². The molecule has 0 aliphatic heterocycles. The maximum atomic E-state index is 10.5. The van der Waals surface area contributed by atoms with Gasteiger partial charge in [-0.25, -0.2) is 0 Å². The molecule has 1 atom stereocenters. The van der Waals surface area contributed by atoms with E-state index >= 15 is 0 Å². The summed E-state index contributed by atoms with van der Waals surface area (Å²) >= 11 is 1.75. The largest absolute Gasteiger partial charge is 0.393 e. The second-order valence-corrected chi connectivity index (χ2v) is 4.73. The van der Waals surface area contributed by atoms with E-state index in [9.17, 15) is 10.1 Å². The fraction of sp³-hybridized carbons (Fsp3) is 0.400. The van der Waals surface area contributed by atoms with Crippen molar-refractivity contribution in [2.75, 3.05) is 23.9 Å². The normalized spacial score (nSPS) is 12.1. The molecule has 1 unspecified atom stereocenters. The summed E-state index contributed by atoms with van der Waals surface area (Å²) < 4.78 is 0. The van der Waals surface area contributed by atoms with E-state index in [2.05, 4.69) is 12.2 Å². The smallest absolute Gasteiger partial charge is 0.292 e. The minimum absolute atomic E-state index is 0.0523. The zero-order valence-corrected chi connectivity index (χ0v) is 10.1. The molecule has 0 aliphatic rings. The first kappa shape index (κ1) is 12.6. The van der Waals surface area contributed by atoms with E-state index in [1.807, 2.05) is 6.26 Å². The van der Waals surface area contributed by atoms with Crippen molar-refractivity contribution in [3.8, 4) is 0 Å². The molecule has 6 heteroatoms. The summed E-state index contributed by atoms with van der Waals surface area (Å²) in [5, 5.41) is 14.2. The van der Waals surface area contributed by atoms with Gasteiger partial charge in [0.05, 0.1) is 4.92 Å². The molecule has 0 spiro atoms. The first-order valence-corrected chi connectivity index (χ1v) is 6.14. The van der Waals surface area contributed by atoms with E-state index in [1.165, 1.54) is 6.07 Å². The molecule has 0 amide bonds. The van der Waals surface area contributed by atoms with Gasteiger partial charge >= 0.3 is 0 Å². The Kier molecular flexibility index (Phi) is 4.42. The topological polar surface area (TPSA) is 81.2 Å². The average Bonchev–Trinajstić information content (AvgIpc) is 2.25. The monoisotopic (exact) mass is 241 g/mol. The second kappa shape index (κ2) is 5.60. The molecule has 0 aromatic heterocycles. The number of nitrogens with zero attached hydrogens (tertiary/aromatic N) is 1. The Morgan fingerprint density at radius 1 is 1.62 bits per heavy atom. The van der Waals surface area contributed by atoms with E-state index in [-0.39, 0.29) is 11.4 Å². The lowest BCUT2D eigenvalue weighted by atomic mass is 10.2. The molecule has 1 aromatic carbocycles. The number of nitro groups is 1. The van der Waals surface area contributed by atoms with Gasteiger partial charge in [0.2, 0.25) is 0 Å². The third-order valence-electron chi connectivity index (χ3n) is 2.22. The highest BCUT2D eigenvalue weighted by atomic mass is 32.2. The summed E-state index contributed by atoms with van der Waals surface area (Å²) in [6.45, 7) is 2.91. The van der Waals surface area contributed by atoms with E-state index in [4.69, 9.17) is 5.73 Å². The minimum Gasteiger partial charge on any atom is -0.393 e. The van der Waals surface area contributed by atoms with Crippen molar-refractivity contribution in [2.45, 2.75) is 12.2 Å². The van der Waals surface area contributed by atoms with Gasteiger partial charge in [0.25, 0.3) is 5.69 Å². The number of nitrogens with one attached hydrogen (secondary N) is 1. The number of thioether (sulfide) groups is 1. The summed E-state index contributed by atoms with van der Waals surface area (Å²) in [7, 11) is 0. The first-order valence-electron chi connectivity index (χ1n) is 4.85. The fourth-order valence-corrected chi connectivity index (χ4v) is 1.43. The molecule has 0 heterocycles. The lowest BCUT2D eigenvalue weighted by molar-refractivity contribution is -0.383. The maximum absolute atomic E-state index is 10.5. The third-order valence-corrected chi connectivity index (χ3v) is 3.19. The molecule has 88 valence electrons. The lowest BCUT2D eigenvalue weighted by Crippen LogP contribution is -2.12. The summed E-state index contributed by atoms with van der Waals surface area (Å²) in [5.41, 5.74) is 6.52. The van der Waals surface area contributed by atoms with E-state index in [1.54, 1.807) is 23.9 Å². The van der Waals surface area contributed by atoms with Crippen LogP contribution in [0.3, 0.4) is 0 Å². The quantitative estimate of drug-likeness (QED) is 0.470. The number of benzene rings is 1. The number of rotatable bonds is 5. The van der Waals surface area contributed by atoms with Gasteiger partial charge in [-0.15, -0.1) is 0 Å². The number of nitrogens with two attached hydrogens (primary N) is 1. The van der Waals surface area contributed by atoms with Crippen LogP contribution in [0, 0.1) is 10.1 Å². The molecule has 0 fully saturated rings. The van der Waals surface area contributed by atoms with Crippen LogP contribution < -0.4 is 11.1 Å². The average molecular weight is 241 g/mol. The Bertz CT molecular complexity index is 384. The number of hydrogen-bond donors (Lipinski definition) is 2. The molecular formula is C10H15N3O2S. The van der Waals surface area contributed by atoms with Crippen LogP contribution in [-0.4, -0.2) is 23.0 Å². The Morgan fingerprint density at radius 3 is 2.81 bits per heavy atom. The van der Waals surface area contributed by atoms with E-state index < -0.39 is 4.92 Å². The second-order valence-electron chi connectivity index (χ2n) is 3.46. The molecule has 0 saturated carbocycles. The van der Waals surface area contributed by atoms with Crippen LogP contribution in [0.2, 0.25) is 0 Å². The van der Waals surface area contributed by atoms with Crippen LogP contribution in [0.4, 0.5) is 17.1 Å². The molecule has 1 rings (SSSR count). The predicted octanol–water partition coefficient (Wildman–Crippen LogP) is 2.34. The number of hydrogen-bond acceptors (Lipinski definition) is 5. The zero-order chi connectivity index (χ0) is 12.1. The number of nitro benzene ring substituents is 1. The number of nitrogen functional groups attached to an aromatic ring is 1. The highest BCUT2D eigenvalue weighted by Crippen LogP contribution is 2.24. The Balaban J connectivity index is 2.70. The summed E-state index contributed by atoms with van der Waals surface area (Å²) in [5.74, 6) is 0. The third kappa shape index (κ3) is 3.30. The minimum atomic E-state index is -0.483. The molecular weight excluding hydrogens is 226 g/mol. The van der Waals surface area contributed by atoms with Crippen LogP contribution >= 0.6 is 11.8 Å². The molecule has 0 bridgehead atoms. The molecule has 0 aliphatic carbocycles. The van der Waals surface area contributed by atoms with Gasteiger partial charge in [-0.2, -0.15) is 11.8 Å². The molecule has 0 radical (unpaired) electrons. The predicted molar refractivity (Wildman–Crippen MR) is 69.0 cm³/mol. The molecule has 16 heavy (non-hydrogen) atoms. The van der Waals surface area contributed by atoms with Crippen LogP contribution in [-0.2, 0) is 0 Å². The van der Waals surface area contributed by atoms with Gasteiger partial charge in [0, 0.05) is 23.5 Å². The van der Waals surface area contributed by atoms with Crippen LogP contribution in [0.5, 0.6) is 0 Å². The molecule has 3 N–H and O–H groups in total. The highest BCUT2D eigenvalue weighted by Gasteiger charge is 2.11. The standard InChI is InChI=1S/C10H15N3O2S/c1-7(16-2)6-12-8-3-4-10(13(14)15)9(11)5-8/h3-5,7,12H,6,11H2,1-2H3. The summed E-state index contributed by atoms with van der Waals surface area (Å²) in [4.78, 5) is 10.1. The summed E-state index contributed by atoms with van der Waals surface area (Å²) in [6, 6.07) is 4.67. The Hall–Kier alpha value is -1.43. The van der Waals surface area contributed by atoms with Crippen LogP contribution in [0.15, 0.2) is 18.2 Å². The molecule has 0 saturated heterocycles. The Morgan fingerprint density at radius 2 is 2.31 bits per heavy atom. The SMILES string of the molecule is CSC(C)CNc1ccc([N+](=O)[O-])c(N)c1. The van der Waals surface area contributed by atoms with Crippen molar-refractivity contribution in [3.63, 3.8) is 0 Å². The van der Waals surface area contributed by atoms with Crippen LogP contribution in [0.25, 0.3) is 0 Å². The molecule has 1 aromatic rings. The van der Waals surface area contributed by atoms with Crippen LogP contribution in [0.1, 0.15) is 6.92 Å². The van der Waals surface area contributed by atoms with Crippen molar-refractivity contribution in [1.82, 2.24) is 0 Å². The van der Waals surface area contributed by atoms with Gasteiger partial charge in [0.15, 0.2) is 0 Å². The van der Waals surface area contributed by atoms with Gasteiger partial charge < -0.3 is 11.1 Å². The van der Waals surface area contributed by atoms with E-state index in [0.717, 1.165) is 12.2 Å². The fourth-order valence-electron chi connectivity index (χ4n) is 1.18.